The van der Waals surface area contributed by atoms with Crippen molar-refractivity contribution in [3.05, 3.63) is 78.4 Å². The highest BCUT2D eigenvalue weighted by atomic mass is 32.2. The Morgan fingerprint density at radius 2 is 1.80 bits per heavy atom. The third kappa shape index (κ3) is 3.99. The molecule has 8 heteroatoms. The molecule has 0 saturated heterocycles. The predicted molar refractivity (Wildman–Crippen MR) is 93.6 cm³/mol. The molecule has 2 heterocycles. The van der Waals surface area contributed by atoms with E-state index in [1.807, 2.05) is 22.9 Å². The lowest BCUT2D eigenvalue weighted by Gasteiger charge is -2.06. The van der Waals surface area contributed by atoms with Crippen LogP contribution >= 0.6 is 0 Å². The zero-order valence-electron chi connectivity index (χ0n) is 12.9. The van der Waals surface area contributed by atoms with E-state index in [4.69, 9.17) is 0 Å². The molecule has 126 valence electrons. The number of hydrazone groups is 1. The van der Waals surface area contributed by atoms with Crippen molar-refractivity contribution in [2.24, 2.45) is 5.10 Å². The molecular formula is C17H14N4O3S. The molecule has 2 aromatic heterocycles. The van der Waals surface area contributed by atoms with Crippen LogP contribution in [0.2, 0.25) is 0 Å². The van der Waals surface area contributed by atoms with Crippen LogP contribution in [0, 0.1) is 0 Å². The maximum atomic E-state index is 11.9. The summed E-state index contributed by atoms with van der Waals surface area (Å²) in [7, 11) is -2.60. The van der Waals surface area contributed by atoms with Gasteiger partial charge in [0.25, 0.3) is 5.91 Å². The number of rotatable bonds is 5. The van der Waals surface area contributed by atoms with Gasteiger partial charge in [0, 0.05) is 29.8 Å². The molecule has 0 aliphatic carbocycles. The first-order chi connectivity index (χ1) is 12.1. The van der Waals surface area contributed by atoms with E-state index in [1.54, 1.807) is 24.3 Å². The van der Waals surface area contributed by atoms with Crippen LogP contribution in [0.1, 0.15) is 16.1 Å². The Bertz CT molecular complexity index is 969. The molecule has 0 radical (unpaired) electrons. The number of pyridine rings is 1. The van der Waals surface area contributed by atoms with Crippen LogP contribution in [-0.2, 0) is 10.7 Å². The highest BCUT2D eigenvalue weighted by Crippen LogP contribution is 2.13. The van der Waals surface area contributed by atoms with Crippen LogP contribution in [0.3, 0.4) is 0 Å². The zero-order chi connectivity index (χ0) is 17.6. The van der Waals surface area contributed by atoms with Crippen LogP contribution in [0.5, 0.6) is 0 Å². The molecule has 7 nitrogen and oxygen atoms in total. The highest BCUT2D eigenvalue weighted by Gasteiger charge is 2.04. The van der Waals surface area contributed by atoms with Gasteiger partial charge in [0.15, 0.2) is 10.7 Å². The number of thiol groups is 1. The summed E-state index contributed by atoms with van der Waals surface area (Å²) in [6.45, 7) is 0. The molecule has 0 fully saturated rings. The van der Waals surface area contributed by atoms with Crippen LogP contribution in [0.4, 0.5) is 0 Å². The van der Waals surface area contributed by atoms with E-state index in [0.29, 0.717) is 5.56 Å². The van der Waals surface area contributed by atoms with Crippen molar-refractivity contribution in [1.29, 1.82) is 0 Å². The molecule has 0 unspecified atom stereocenters. The minimum Gasteiger partial charge on any atom is -0.316 e. The number of hydrogen-bond acceptors (Lipinski definition) is 5. The Kier molecular flexibility index (Phi) is 5.00. The average molecular weight is 354 g/mol. The van der Waals surface area contributed by atoms with Crippen molar-refractivity contribution in [3.8, 4) is 5.69 Å². The lowest BCUT2D eigenvalue weighted by molar-refractivity contribution is 0.0955. The predicted octanol–water partition coefficient (Wildman–Crippen LogP) is 1.61. The second-order valence-corrected chi connectivity index (χ2v) is 6.04. The molecule has 25 heavy (non-hydrogen) atoms. The standard InChI is InChI=1S/C17H14N4O3S/c22-17(13-7-9-18-10-8-13)20-19-12-15-2-1-11-21(15)14-3-5-16(6-4-14)25(23)24/h1-12,25H,(H,20,22)/b19-12+. The van der Waals surface area contributed by atoms with E-state index in [1.165, 1.54) is 30.7 Å². The van der Waals surface area contributed by atoms with Gasteiger partial charge >= 0.3 is 0 Å². The summed E-state index contributed by atoms with van der Waals surface area (Å²) in [5, 5.41) is 3.96. The minimum atomic E-state index is -2.60. The molecular weight excluding hydrogens is 340 g/mol. The lowest BCUT2D eigenvalue weighted by atomic mass is 10.3. The van der Waals surface area contributed by atoms with Gasteiger partial charge in [-0.1, -0.05) is 0 Å². The smallest absolute Gasteiger partial charge is 0.271 e. The quantitative estimate of drug-likeness (QED) is 0.413. The summed E-state index contributed by atoms with van der Waals surface area (Å²) >= 11 is 0. The van der Waals surface area contributed by atoms with Crippen molar-refractivity contribution < 1.29 is 13.2 Å². The molecule has 0 aliphatic rings. The number of benzene rings is 1. The van der Waals surface area contributed by atoms with Crippen molar-refractivity contribution in [2.75, 3.05) is 0 Å². The third-order valence-electron chi connectivity index (χ3n) is 3.42. The largest absolute Gasteiger partial charge is 0.316 e. The topological polar surface area (TPSA) is 93.4 Å². The van der Waals surface area contributed by atoms with Crippen molar-refractivity contribution >= 4 is 22.8 Å². The van der Waals surface area contributed by atoms with E-state index < -0.39 is 10.7 Å². The maximum Gasteiger partial charge on any atom is 0.271 e. The van der Waals surface area contributed by atoms with Crippen molar-refractivity contribution in [3.63, 3.8) is 0 Å². The summed E-state index contributed by atoms with van der Waals surface area (Å²) in [6.07, 6.45) is 6.39. The van der Waals surface area contributed by atoms with Gasteiger partial charge in [-0.05, 0) is 48.5 Å². The van der Waals surface area contributed by atoms with Gasteiger partial charge in [0.1, 0.15) is 0 Å². The van der Waals surface area contributed by atoms with Crippen molar-refractivity contribution in [1.82, 2.24) is 15.0 Å². The first kappa shape index (κ1) is 16.6. The second kappa shape index (κ2) is 7.54. The number of nitrogens with zero attached hydrogens (tertiary/aromatic N) is 3. The number of amides is 1. The number of aromatic nitrogens is 2. The molecule has 3 aromatic rings. The molecule has 1 amide bonds. The Balaban J connectivity index is 1.74. The van der Waals surface area contributed by atoms with Gasteiger partial charge in [-0.3, -0.25) is 9.78 Å². The van der Waals surface area contributed by atoms with E-state index in [0.717, 1.165) is 11.4 Å². The summed E-state index contributed by atoms with van der Waals surface area (Å²) in [6, 6.07) is 13.3. The molecule has 1 N–H and O–H groups in total. The van der Waals surface area contributed by atoms with Crippen LogP contribution in [0.15, 0.2) is 77.1 Å². The molecule has 0 bridgehead atoms. The first-order valence-electron chi connectivity index (χ1n) is 7.31. The number of nitrogens with one attached hydrogen (secondary N) is 1. The number of carbonyl (C=O) groups is 1. The third-order valence-corrected chi connectivity index (χ3v) is 4.14. The average Bonchev–Trinajstić information content (AvgIpc) is 3.11. The van der Waals surface area contributed by atoms with Crippen LogP contribution in [0.25, 0.3) is 5.69 Å². The van der Waals surface area contributed by atoms with E-state index in [9.17, 15) is 13.2 Å². The fourth-order valence-electron chi connectivity index (χ4n) is 2.19. The molecule has 0 atom stereocenters. The summed E-state index contributed by atoms with van der Waals surface area (Å²) in [4.78, 5) is 16.0. The second-order valence-electron chi connectivity index (χ2n) is 5.01. The Labute approximate surface area is 145 Å². The molecule has 0 aliphatic heterocycles. The lowest BCUT2D eigenvalue weighted by Crippen LogP contribution is -2.17. The normalized spacial score (nSPS) is 11.1. The van der Waals surface area contributed by atoms with Gasteiger partial charge in [0.05, 0.1) is 16.8 Å². The van der Waals surface area contributed by atoms with Gasteiger partial charge in [-0.15, -0.1) is 0 Å². The minimum absolute atomic E-state index is 0.255. The Hall–Kier alpha value is -3.26. The monoisotopic (exact) mass is 354 g/mol. The van der Waals surface area contributed by atoms with Gasteiger partial charge in [-0.2, -0.15) is 5.10 Å². The van der Waals surface area contributed by atoms with Crippen molar-refractivity contribution in [2.45, 2.75) is 4.90 Å². The van der Waals surface area contributed by atoms with Gasteiger partial charge in [0.2, 0.25) is 0 Å². The van der Waals surface area contributed by atoms with Gasteiger partial charge < -0.3 is 4.57 Å². The molecule has 1 aromatic carbocycles. The van der Waals surface area contributed by atoms with E-state index in [-0.39, 0.29) is 10.8 Å². The number of hydrogen-bond donors (Lipinski definition) is 2. The van der Waals surface area contributed by atoms with Crippen LogP contribution in [-0.4, -0.2) is 30.1 Å². The SMILES string of the molecule is O=C(N/N=C/c1cccn1-c1ccc([SH](=O)=O)cc1)c1ccncc1. The molecule has 0 spiro atoms. The summed E-state index contributed by atoms with van der Waals surface area (Å²) in [5.41, 5.74) is 4.43. The fraction of sp³-hybridized carbons (Fsp3) is 0. The zero-order valence-corrected chi connectivity index (χ0v) is 13.8. The number of carbonyl (C=O) groups excluding carboxylic acids is 1. The van der Waals surface area contributed by atoms with Gasteiger partial charge in [-0.25, -0.2) is 13.8 Å². The first-order valence-corrected chi connectivity index (χ1v) is 8.48. The maximum absolute atomic E-state index is 11.9. The molecule has 3 rings (SSSR count). The molecule has 0 saturated carbocycles. The highest BCUT2D eigenvalue weighted by molar-refractivity contribution is 7.72. The summed E-state index contributed by atoms with van der Waals surface area (Å²) < 4.78 is 23.7. The van der Waals surface area contributed by atoms with Crippen LogP contribution < -0.4 is 5.43 Å². The summed E-state index contributed by atoms with van der Waals surface area (Å²) in [5.74, 6) is -0.333. The van der Waals surface area contributed by atoms with E-state index >= 15 is 0 Å². The fourth-order valence-corrected chi connectivity index (χ4v) is 2.59. The Morgan fingerprint density at radius 3 is 2.48 bits per heavy atom. The Morgan fingerprint density at radius 1 is 1.08 bits per heavy atom. The van der Waals surface area contributed by atoms with E-state index in [2.05, 4.69) is 15.5 Å².